The number of nitrogens with zero attached hydrogens (tertiary/aromatic N) is 2. The fourth-order valence-electron chi connectivity index (χ4n) is 1.93. The summed E-state index contributed by atoms with van der Waals surface area (Å²) in [5.41, 5.74) is 0.507. The van der Waals surface area contributed by atoms with E-state index in [1.165, 1.54) is 12.8 Å². The molecular weight excluding hydrogens is 192 g/mol. The Morgan fingerprint density at radius 1 is 1.67 bits per heavy atom. The lowest BCUT2D eigenvalue weighted by atomic mass is 10.1. The monoisotopic (exact) mass is 208 g/mol. The fourth-order valence-corrected chi connectivity index (χ4v) is 1.93. The Labute approximate surface area is 89.3 Å². The molecule has 1 saturated heterocycles. The van der Waals surface area contributed by atoms with Crippen LogP contribution in [-0.4, -0.2) is 28.5 Å². The number of hydrogen-bond donors (Lipinski definition) is 0. The second-order valence-electron chi connectivity index (χ2n) is 3.93. The molecular formula is C11H16N2O2. The quantitative estimate of drug-likeness (QED) is 0.691. The largest absolute Gasteiger partial charge is 0.378 e. The van der Waals surface area contributed by atoms with Gasteiger partial charge in [0.15, 0.2) is 6.29 Å². The van der Waals surface area contributed by atoms with Gasteiger partial charge in [-0.15, -0.1) is 0 Å². The van der Waals surface area contributed by atoms with Gasteiger partial charge >= 0.3 is 0 Å². The molecule has 0 spiro atoms. The molecule has 1 aromatic heterocycles. The maximum Gasteiger partial charge on any atom is 0.169 e. The number of rotatable bonds is 5. The Bertz CT molecular complexity index is 316. The molecule has 0 aliphatic carbocycles. The van der Waals surface area contributed by atoms with Gasteiger partial charge in [0.05, 0.1) is 12.4 Å². The molecule has 4 heteroatoms. The van der Waals surface area contributed by atoms with Crippen LogP contribution in [0.3, 0.4) is 0 Å². The smallest absolute Gasteiger partial charge is 0.169 e. The zero-order valence-corrected chi connectivity index (χ0v) is 8.76. The molecule has 1 aliphatic heterocycles. The summed E-state index contributed by atoms with van der Waals surface area (Å²) < 4.78 is 7.49. The van der Waals surface area contributed by atoms with E-state index in [-0.39, 0.29) is 0 Å². The second kappa shape index (κ2) is 5.07. The average Bonchev–Trinajstić information content (AvgIpc) is 2.88. The summed E-state index contributed by atoms with van der Waals surface area (Å²) in [4.78, 5) is 14.4. The van der Waals surface area contributed by atoms with E-state index in [2.05, 4.69) is 4.98 Å². The standard InChI is InChI=1S/C11H16N2O2/c14-8-10-7-13(9-12-10)5-1-3-11-4-2-6-15-11/h7-9,11H,1-6H2. The van der Waals surface area contributed by atoms with Gasteiger partial charge in [0.25, 0.3) is 0 Å². The molecule has 2 heterocycles. The predicted molar refractivity (Wildman–Crippen MR) is 55.8 cm³/mol. The lowest BCUT2D eigenvalue weighted by Crippen LogP contribution is -2.06. The number of carbonyl (C=O) groups is 1. The molecule has 0 aromatic carbocycles. The number of imidazole rings is 1. The number of ether oxygens (including phenoxy) is 1. The molecule has 1 aromatic rings. The van der Waals surface area contributed by atoms with Crippen LogP contribution in [0, 0.1) is 0 Å². The number of aldehydes is 1. The summed E-state index contributed by atoms with van der Waals surface area (Å²) in [7, 11) is 0. The van der Waals surface area contributed by atoms with E-state index in [1.807, 2.05) is 4.57 Å². The molecule has 0 N–H and O–H groups in total. The molecule has 0 amide bonds. The summed E-state index contributed by atoms with van der Waals surface area (Å²) in [6.45, 7) is 1.84. The molecule has 1 unspecified atom stereocenters. The van der Waals surface area contributed by atoms with Crippen molar-refractivity contribution in [2.75, 3.05) is 6.61 Å². The van der Waals surface area contributed by atoms with Gasteiger partial charge in [0.1, 0.15) is 5.69 Å². The van der Waals surface area contributed by atoms with Crippen molar-refractivity contribution in [2.24, 2.45) is 0 Å². The highest BCUT2D eigenvalue weighted by molar-refractivity contribution is 5.70. The summed E-state index contributed by atoms with van der Waals surface area (Å²) in [5.74, 6) is 0. The van der Waals surface area contributed by atoms with Crippen LogP contribution in [-0.2, 0) is 11.3 Å². The van der Waals surface area contributed by atoms with E-state index in [1.54, 1.807) is 12.5 Å². The Morgan fingerprint density at radius 3 is 3.27 bits per heavy atom. The van der Waals surface area contributed by atoms with Gasteiger partial charge < -0.3 is 9.30 Å². The third-order valence-corrected chi connectivity index (χ3v) is 2.74. The van der Waals surface area contributed by atoms with Crippen molar-refractivity contribution in [2.45, 2.75) is 38.3 Å². The Kier molecular flexibility index (Phi) is 3.50. The van der Waals surface area contributed by atoms with E-state index in [4.69, 9.17) is 4.74 Å². The molecule has 82 valence electrons. The van der Waals surface area contributed by atoms with Gasteiger partial charge in [0.2, 0.25) is 0 Å². The first kappa shape index (κ1) is 10.4. The summed E-state index contributed by atoms with van der Waals surface area (Å²) >= 11 is 0. The van der Waals surface area contributed by atoms with Crippen LogP contribution in [0.1, 0.15) is 36.2 Å². The van der Waals surface area contributed by atoms with Crippen LogP contribution < -0.4 is 0 Å². The van der Waals surface area contributed by atoms with Crippen molar-refractivity contribution in [1.82, 2.24) is 9.55 Å². The zero-order valence-electron chi connectivity index (χ0n) is 8.76. The van der Waals surface area contributed by atoms with Crippen LogP contribution in [0.25, 0.3) is 0 Å². The lowest BCUT2D eigenvalue weighted by molar-refractivity contribution is 0.101. The fraction of sp³-hybridized carbons (Fsp3) is 0.636. The Hall–Kier alpha value is -1.16. The van der Waals surface area contributed by atoms with E-state index < -0.39 is 0 Å². The highest BCUT2D eigenvalue weighted by atomic mass is 16.5. The van der Waals surface area contributed by atoms with Gasteiger partial charge in [0, 0.05) is 19.3 Å². The van der Waals surface area contributed by atoms with Crippen molar-refractivity contribution < 1.29 is 9.53 Å². The third-order valence-electron chi connectivity index (χ3n) is 2.74. The highest BCUT2D eigenvalue weighted by Crippen LogP contribution is 2.17. The molecule has 0 bridgehead atoms. The van der Waals surface area contributed by atoms with Gasteiger partial charge in [-0.1, -0.05) is 0 Å². The van der Waals surface area contributed by atoms with Crippen LogP contribution >= 0.6 is 0 Å². The van der Waals surface area contributed by atoms with E-state index in [0.29, 0.717) is 11.8 Å². The third kappa shape index (κ3) is 2.89. The number of hydrogen-bond acceptors (Lipinski definition) is 3. The SMILES string of the molecule is O=Cc1cn(CCCC2CCCO2)cn1. The molecule has 0 saturated carbocycles. The van der Waals surface area contributed by atoms with Crippen molar-refractivity contribution in [1.29, 1.82) is 0 Å². The maximum absolute atomic E-state index is 10.4. The van der Waals surface area contributed by atoms with Gasteiger partial charge in [-0.2, -0.15) is 0 Å². The summed E-state index contributed by atoms with van der Waals surface area (Å²) in [5, 5.41) is 0. The molecule has 2 rings (SSSR count). The molecule has 15 heavy (non-hydrogen) atoms. The zero-order chi connectivity index (χ0) is 10.5. The predicted octanol–water partition coefficient (Wildman–Crippen LogP) is 1.65. The first-order valence-corrected chi connectivity index (χ1v) is 5.47. The van der Waals surface area contributed by atoms with Crippen molar-refractivity contribution in [3.8, 4) is 0 Å². The molecule has 0 radical (unpaired) electrons. The highest BCUT2D eigenvalue weighted by Gasteiger charge is 2.14. The van der Waals surface area contributed by atoms with E-state index in [0.717, 1.165) is 32.3 Å². The summed E-state index contributed by atoms with van der Waals surface area (Å²) in [6, 6.07) is 0. The lowest BCUT2D eigenvalue weighted by Gasteiger charge is -2.08. The Morgan fingerprint density at radius 2 is 2.60 bits per heavy atom. The van der Waals surface area contributed by atoms with Crippen LogP contribution in [0.5, 0.6) is 0 Å². The van der Waals surface area contributed by atoms with E-state index in [9.17, 15) is 4.79 Å². The van der Waals surface area contributed by atoms with Crippen LogP contribution in [0.4, 0.5) is 0 Å². The van der Waals surface area contributed by atoms with Gasteiger partial charge in [-0.3, -0.25) is 4.79 Å². The molecule has 1 fully saturated rings. The van der Waals surface area contributed by atoms with Crippen molar-refractivity contribution in [3.05, 3.63) is 18.2 Å². The normalized spacial score (nSPS) is 20.7. The first-order chi connectivity index (χ1) is 7.38. The maximum atomic E-state index is 10.4. The number of aryl methyl sites for hydroxylation is 1. The minimum atomic E-state index is 0.457. The van der Waals surface area contributed by atoms with Crippen LogP contribution in [0.2, 0.25) is 0 Å². The average molecular weight is 208 g/mol. The Balaban J connectivity index is 1.70. The van der Waals surface area contributed by atoms with E-state index >= 15 is 0 Å². The van der Waals surface area contributed by atoms with Crippen molar-refractivity contribution in [3.63, 3.8) is 0 Å². The second-order valence-corrected chi connectivity index (χ2v) is 3.93. The molecule has 1 aliphatic rings. The number of carbonyl (C=O) groups excluding carboxylic acids is 1. The minimum Gasteiger partial charge on any atom is -0.378 e. The molecule has 4 nitrogen and oxygen atoms in total. The first-order valence-electron chi connectivity index (χ1n) is 5.47. The topological polar surface area (TPSA) is 44.1 Å². The minimum absolute atomic E-state index is 0.457. The van der Waals surface area contributed by atoms with Crippen molar-refractivity contribution >= 4 is 6.29 Å². The summed E-state index contributed by atoms with van der Waals surface area (Å²) in [6.07, 6.45) is 9.31. The molecule has 1 atom stereocenters. The number of aromatic nitrogens is 2. The van der Waals surface area contributed by atoms with Gasteiger partial charge in [-0.25, -0.2) is 4.98 Å². The van der Waals surface area contributed by atoms with Crippen LogP contribution in [0.15, 0.2) is 12.5 Å². The van der Waals surface area contributed by atoms with Gasteiger partial charge in [-0.05, 0) is 25.7 Å².